The number of esters is 1. The van der Waals surface area contributed by atoms with Crippen LogP contribution in [0.25, 0.3) is 0 Å². The van der Waals surface area contributed by atoms with Crippen molar-refractivity contribution >= 4 is 11.9 Å². The van der Waals surface area contributed by atoms with Gasteiger partial charge in [0.1, 0.15) is 6.54 Å². The average molecular weight is 265 g/mol. The summed E-state index contributed by atoms with van der Waals surface area (Å²) in [6.45, 7) is 10.3. The third-order valence-electron chi connectivity index (χ3n) is 2.86. The Morgan fingerprint density at radius 2 is 1.95 bits per heavy atom. The second-order valence-corrected chi connectivity index (χ2v) is 5.19. The predicted octanol–water partition coefficient (Wildman–Crippen LogP) is 2.30. The fourth-order valence-corrected chi connectivity index (χ4v) is 1.69. The molecule has 0 spiro atoms. The van der Waals surface area contributed by atoms with Crippen LogP contribution >= 0.6 is 0 Å². The zero-order chi connectivity index (χ0) is 14.6. The molecule has 0 amide bonds. The second kappa shape index (κ2) is 6.50. The maximum Gasteiger partial charge on any atom is 0.325 e. The van der Waals surface area contributed by atoms with E-state index in [1.165, 1.54) is 7.11 Å². The monoisotopic (exact) mass is 265 g/mol. The van der Waals surface area contributed by atoms with E-state index in [-0.39, 0.29) is 18.6 Å². The van der Waals surface area contributed by atoms with E-state index in [2.05, 4.69) is 23.8 Å². The maximum absolute atomic E-state index is 11.5. The third kappa shape index (κ3) is 4.19. The van der Waals surface area contributed by atoms with Crippen molar-refractivity contribution in [1.82, 2.24) is 9.97 Å². The van der Waals surface area contributed by atoms with Gasteiger partial charge in [-0.15, -0.1) is 0 Å². The Hall–Kier alpha value is -1.65. The fraction of sp³-hybridized carbons (Fsp3) is 0.643. The molecule has 0 fully saturated rings. The van der Waals surface area contributed by atoms with Crippen LogP contribution in [0.3, 0.4) is 0 Å². The van der Waals surface area contributed by atoms with Crippen molar-refractivity contribution in [3.8, 4) is 0 Å². The van der Waals surface area contributed by atoms with E-state index in [1.54, 1.807) is 0 Å². The van der Waals surface area contributed by atoms with E-state index in [1.807, 2.05) is 31.7 Å². The molecule has 1 aromatic rings. The highest BCUT2D eigenvalue weighted by molar-refractivity contribution is 5.75. The molecule has 0 aliphatic rings. The molecule has 0 saturated heterocycles. The van der Waals surface area contributed by atoms with Gasteiger partial charge in [-0.2, -0.15) is 0 Å². The van der Waals surface area contributed by atoms with Crippen LogP contribution in [0.15, 0.2) is 6.07 Å². The molecule has 0 aliphatic carbocycles. The predicted molar refractivity (Wildman–Crippen MR) is 75.4 cm³/mol. The molecule has 0 unspecified atom stereocenters. The molecule has 0 aromatic carbocycles. The lowest BCUT2D eigenvalue weighted by atomic mass is 10.1. The zero-order valence-corrected chi connectivity index (χ0v) is 12.6. The molecule has 5 nitrogen and oxygen atoms in total. The van der Waals surface area contributed by atoms with Crippen molar-refractivity contribution in [2.45, 2.75) is 46.6 Å². The molecule has 106 valence electrons. The number of hydrogen-bond acceptors (Lipinski definition) is 5. The van der Waals surface area contributed by atoms with Crippen LogP contribution in [0, 0.1) is 6.92 Å². The van der Waals surface area contributed by atoms with Crippen molar-refractivity contribution in [2.75, 3.05) is 18.6 Å². The number of carbonyl (C=O) groups excluding carboxylic acids is 1. The van der Waals surface area contributed by atoms with Crippen molar-refractivity contribution in [1.29, 1.82) is 0 Å². The molecule has 0 aliphatic heterocycles. The van der Waals surface area contributed by atoms with Crippen LogP contribution in [-0.4, -0.2) is 35.6 Å². The number of methoxy groups -OCH3 is 1. The first-order valence-electron chi connectivity index (χ1n) is 6.54. The van der Waals surface area contributed by atoms with E-state index in [4.69, 9.17) is 4.74 Å². The molecule has 0 N–H and O–H groups in total. The SMILES string of the molecule is COC(=O)CN(c1nc(C)cc(C(C)C)n1)C(C)C. The number of ether oxygens (including phenoxy) is 1. The summed E-state index contributed by atoms with van der Waals surface area (Å²) in [4.78, 5) is 22.3. The lowest BCUT2D eigenvalue weighted by Gasteiger charge is -2.26. The Morgan fingerprint density at radius 1 is 1.32 bits per heavy atom. The Balaban J connectivity index is 3.11. The average Bonchev–Trinajstić information content (AvgIpc) is 2.34. The van der Waals surface area contributed by atoms with Crippen molar-refractivity contribution in [2.24, 2.45) is 0 Å². The van der Waals surface area contributed by atoms with Gasteiger partial charge in [0, 0.05) is 17.4 Å². The molecule has 1 heterocycles. The van der Waals surface area contributed by atoms with Gasteiger partial charge in [0.25, 0.3) is 0 Å². The van der Waals surface area contributed by atoms with Crippen LogP contribution in [-0.2, 0) is 9.53 Å². The van der Waals surface area contributed by atoms with E-state index in [0.717, 1.165) is 11.4 Å². The third-order valence-corrected chi connectivity index (χ3v) is 2.86. The van der Waals surface area contributed by atoms with Crippen molar-refractivity contribution in [3.05, 3.63) is 17.5 Å². The summed E-state index contributed by atoms with van der Waals surface area (Å²) in [5.74, 6) is 0.626. The molecule has 1 rings (SSSR count). The van der Waals surface area contributed by atoms with E-state index < -0.39 is 0 Å². The van der Waals surface area contributed by atoms with Gasteiger partial charge in [0.15, 0.2) is 0 Å². The molecule has 0 bridgehead atoms. The quantitative estimate of drug-likeness (QED) is 0.765. The summed E-state index contributed by atoms with van der Waals surface area (Å²) in [5, 5.41) is 0. The smallest absolute Gasteiger partial charge is 0.325 e. The number of hydrogen-bond donors (Lipinski definition) is 0. The number of aryl methyl sites for hydroxylation is 1. The lowest BCUT2D eigenvalue weighted by molar-refractivity contribution is -0.139. The minimum absolute atomic E-state index is 0.126. The van der Waals surface area contributed by atoms with Gasteiger partial charge >= 0.3 is 5.97 Å². The zero-order valence-electron chi connectivity index (χ0n) is 12.6. The van der Waals surface area contributed by atoms with Gasteiger partial charge in [-0.25, -0.2) is 9.97 Å². The maximum atomic E-state index is 11.5. The van der Waals surface area contributed by atoms with Gasteiger partial charge in [-0.05, 0) is 32.8 Å². The van der Waals surface area contributed by atoms with Crippen LogP contribution in [0.4, 0.5) is 5.95 Å². The molecular weight excluding hydrogens is 242 g/mol. The van der Waals surface area contributed by atoms with Gasteiger partial charge in [-0.3, -0.25) is 4.79 Å². The summed E-state index contributed by atoms with van der Waals surface area (Å²) in [6.07, 6.45) is 0. The summed E-state index contributed by atoms with van der Waals surface area (Å²) in [6, 6.07) is 2.10. The second-order valence-electron chi connectivity index (χ2n) is 5.19. The number of aromatic nitrogens is 2. The highest BCUT2D eigenvalue weighted by Gasteiger charge is 2.19. The lowest BCUT2D eigenvalue weighted by Crippen LogP contribution is -2.37. The largest absolute Gasteiger partial charge is 0.468 e. The van der Waals surface area contributed by atoms with E-state index in [9.17, 15) is 4.79 Å². The van der Waals surface area contributed by atoms with E-state index in [0.29, 0.717) is 11.9 Å². The van der Waals surface area contributed by atoms with Crippen LogP contribution < -0.4 is 4.90 Å². The molecule has 0 atom stereocenters. The summed E-state index contributed by atoms with van der Waals surface area (Å²) < 4.78 is 4.72. The molecular formula is C14H23N3O2. The summed E-state index contributed by atoms with van der Waals surface area (Å²) in [5.41, 5.74) is 1.89. The summed E-state index contributed by atoms with van der Waals surface area (Å²) in [7, 11) is 1.39. The molecule has 0 saturated carbocycles. The topological polar surface area (TPSA) is 55.3 Å². The normalized spacial score (nSPS) is 10.9. The van der Waals surface area contributed by atoms with Gasteiger partial charge in [-0.1, -0.05) is 13.8 Å². The first-order valence-corrected chi connectivity index (χ1v) is 6.54. The van der Waals surface area contributed by atoms with Crippen LogP contribution in [0.2, 0.25) is 0 Å². The highest BCUT2D eigenvalue weighted by atomic mass is 16.5. The van der Waals surface area contributed by atoms with Gasteiger partial charge < -0.3 is 9.64 Å². The number of rotatable bonds is 5. The highest BCUT2D eigenvalue weighted by Crippen LogP contribution is 2.18. The van der Waals surface area contributed by atoms with Crippen molar-refractivity contribution in [3.63, 3.8) is 0 Å². The van der Waals surface area contributed by atoms with Crippen LogP contribution in [0.1, 0.15) is 45.0 Å². The Morgan fingerprint density at radius 3 is 2.42 bits per heavy atom. The van der Waals surface area contributed by atoms with Crippen LogP contribution in [0.5, 0.6) is 0 Å². The number of carbonyl (C=O) groups is 1. The minimum atomic E-state index is -0.287. The minimum Gasteiger partial charge on any atom is -0.468 e. The Kier molecular flexibility index (Phi) is 5.27. The van der Waals surface area contributed by atoms with Gasteiger partial charge in [0.05, 0.1) is 7.11 Å². The standard InChI is InChI=1S/C14H23N3O2/c1-9(2)12-7-11(5)15-14(16-12)17(10(3)4)8-13(18)19-6/h7,9-10H,8H2,1-6H3. The van der Waals surface area contributed by atoms with Crippen molar-refractivity contribution < 1.29 is 9.53 Å². The Bertz CT molecular complexity index is 444. The van der Waals surface area contributed by atoms with E-state index >= 15 is 0 Å². The fourth-order valence-electron chi connectivity index (χ4n) is 1.69. The summed E-state index contributed by atoms with van der Waals surface area (Å²) >= 11 is 0. The number of anilines is 1. The van der Waals surface area contributed by atoms with Gasteiger partial charge in [0.2, 0.25) is 5.95 Å². The molecule has 19 heavy (non-hydrogen) atoms. The molecule has 0 radical (unpaired) electrons. The first kappa shape index (κ1) is 15.4. The molecule has 5 heteroatoms. The number of nitrogens with zero attached hydrogens (tertiary/aromatic N) is 3. The molecule has 1 aromatic heterocycles. The Labute approximate surface area is 115 Å². The first-order chi connectivity index (χ1) is 8.85.